The van der Waals surface area contributed by atoms with Crippen molar-refractivity contribution >= 4 is 5.78 Å². The molecule has 0 radical (unpaired) electrons. The molecule has 0 aromatic carbocycles. The number of carbonyl (C=O) groups is 1. The Morgan fingerprint density at radius 1 is 1.25 bits per heavy atom. The van der Waals surface area contributed by atoms with Gasteiger partial charge in [-0.15, -0.1) is 0 Å². The third-order valence-electron chi connectivity index (χ3n) is 3.80. The van der Waals surface area contributed by atoms with E-state index >= 15 is 0 Å². The van der Waals surface area contributed by atoms with Crippen LogP contribution in [0.1, 0.15) is 31.5 Å². The van der Waals surface area contributed by atoms with Gasteiger partial charge in [-0.3, -0.25) is 9.69 Å². The summed E-state index contributed by atoms with van der Waals surface area (Å²) in [6.07, 6.45) is 7.56. The lowest BCUT2D eigenvalue weighted by atomic mass is 9.93. The molecule has 4 nitrogen and oxygen atoms in total. The molecule has 1 aliphatic heterocycles. The highest BCUT2D eigenvalue weighted by atomic mass is 16.1. The lowest BCUT2D eigenvalue weighted by Gasteiger charge is -2.36. The molecule has 0 amide bonds. The van der Waals surface area contributed by atoms with Crippen LogP contribution < -0.4 is 0 Å². The van der Waals surface area contributed by atoms with Crippen LogP contribution in [0.5, 0.6) is 0 Å². The van der Waals surface area contributed by atoms with E-state index in [0.29, 0.717) is 11.8 Å². The van der Waals surface area contributed by atoms with Gasteiger partial charge in [0.25, 0.3) is 0 Å². The number of carbonyl (C=O) groups excluding carboxylic acids is 1. The van der Waals surface area contributed by atoms with Crippen LogP contribution in [0.4, 0.5) is 0 Å². The molecule has 16 heavy (non-hydrogen) atoms. The smallest absolute Gasteiger partial charge is 0.133 e. The minimum absolute atomic E-state index is 0.440. The van der Waals surface area contributed by atoms with Crippen LogP contribution in [0.2, 0.25) is 0 Å². The maximum Gasteiger partial charge on any atom is 0.133 e. The summed E-state index contributed by atoms with van der Waals surface area (Å²) in [6, 6.07) is 0.600. The lowest BCUT2D eigenvalue weighted by molar-refractivity contribution is -0.121. The molecule has 86 valence electrons. The van der Waals surface area contributed by atoms with Gasteiger partial charge in [0.15, 0.2) is 0 Å². The van der Waals surface area contributed by atoms with E-state index in [4.69, 9.17) is 0 Å². The number of nitrogens with zero attached hydrogens (tertiary/aromatic N) is 3. The van der Waals surface area contributed by atoms with Gasteiger partial charge in [-0.1, -0.05) is 0 Å². The predicted octanol–water partition coefficient (Wildman–Crippen LogP) is 1.21. The van der Waals surface area contributed by atoms with Crippen LogP contribution >= 0.6 is 0 Å². The summed E-state index contributed by atoms with van der Waals surface area (Å²) in [4.78, 5) is 18.1. The van der Waals surface area contributed by atoms with Crippen molar-refractivity contribution < 1.29 is 4.79 Å². The number of ketones is 1. The first kappa shape index (κ1) is 10.0. The molecule has 1 saturated carbocycles. The van der Waals surface area contributed by atoms with E-state index in [1.807, 2.05) is 6.20 Å². The summed E-state index contributed by atoms with van der Waals surface area (Å²) in [5.41, 5.74) is 0. The Labute approximate surface area is 95.3 Å². The lowest BCUT2D eigenvalue weighted by Crippen LogP contribution is -2.43. The Kier molecular flexibility index (Phi) is 2.52. The topological polar surface area (TPSA) is 38.1 Å². The molecule has 0 saturated heterocycles. The number of Topliss-reactive ketones (excluding diaryl/α,β-unsaturated/α-hetero) is 1. The van der Waals surface area contributed by atoms with Crippen molar-refractivity contribution in [3.8, 4) is 0 Å². The minimum atomic E-state index is 0.440. The number of fused-ring (bicyclic) bond motifs is 1. The Morgan fingerprint density at radius 3 is 2.88 bits per heavy atom. The quantitative estimate of drug-likeness (QED) is 0.712. The van der Waals surface area contributed by atoms with Crippen LogP contribution in [0.3, 0.4) is 0 Å². The average molecular weight is 219 g/mol. The highest BCUT2D eigenvalue weighted by Gasteiger charge is 2.27. The standard InChI is InChI=1S/C12H17N3O/c16-11-3-1-10(2-4-11)15-8-7-14-6-5-13-12(14)9-15/h5-6,10H,1-4,7-9H2. The number of hydrogen-bond acceptors (Lipinski definition) is 3. The Morgan fingerprint density at radius 2 is 2.06 bits per heavy atom. The van der Waals surface area contributed by atoms with Gasteiger partial charge in [0.1, 0.15) is 11.6 Å². The fourth-order valence-corrected chi connectivity index (χ4v) is 2.79. The molecule has 2 heterocycles. The van der Waals surface area contributed by atoms with Crippen molar-refractivity contribution in [1.29, 1.82) is 0 Å². The highest BCUT2D eigenvalue weighted by molar-refractivity contribution is 5.79. The first-order valence-corrected chi connectivity index (χ1v) is 6.09. The van der Waals surface area contributed by atoms with Gasteiger partial charge in [0.05, 0.1) is 6.54 Å². The first-order chi connectivity index (χ1) is 7.83. The maximum absolute atomic E-state index is 11.2. The van der Waals surface area contributed by atoms with E-state index in [1.165, 1.54) is 5.82 Å². The molecular formula is C12H17N3O. The zero-order chi connectivity index (χ0) is 11.0. The second-order valence-corrected chi connectivity index (χ2v) is 4.78. The molecule has 0 bridgehead atoms. The fraction of sp³-hybridized carbons (Fsp3) is 0.667. The van der Waals surface area contributed by atoms with Crippen LogP contribution in [0.15, 0.2) is 12.4 Å². The first-order valence-electron chi connectivity index (χ1n) is 6.09. The Balaban J connectivity index is 1.67. The molecule has 0 spiro atoms. The zero-order valence-corrected chi connectivity index (χ0v) is 9.43. The van der Waals surface area contributed by atoms with E-state index in [-0.39, 0.29) is 0 Å². The Hall–Kier alpha value is -1.16. The van der Waals surface area contributed by atoms with Gasteiger partial charge in [-0.25, -0.2) is 4.98 Å². The van der Waals surface area contributed by atoms with Crippen molar-refractivity contribution in [2.45, 2.75) is 44.8 Å². The molecule has 1 fully saturated rings. The highest BCUT2D eigenvalue weighted by Crippen LogP contribution is 2.23. The molecule has 4 heteroatoms. The van der Waals surface area contributed by atoms with Gasteiger partial charge >= 0.3 is 0 Å². The van der Waals surface area contributed by atoms with E-state index in [2.05, 4.69) is 20.6 Å². The second kappa shape index (κ2) is 4.01. The summed E-state index contributed by atoms with van der Waals surface area (Å²) in [5.74, 6) is 1.61. The van der Waals surface area contributed by atoms with E-state index < -0.39 is 0 Å². The van der Waals surface area contributed by atoms with Gasteiger partial charge in [0.2, 0.25) is 0 Å². The number of aromatic nitrogens is 2. The second-order valence-electron chi connectivity index (χ2n) is 4.78. The van der Waals surface area contributed by atoms with Crippen LogP contribution in [-0.2, 0) is 17.9 Å². The molecule has 2 aliphatic rings. The van der Waals surface area contributed by atoms with E-state index in [0.717, 1.165) is 45.3 Å². The van der Waals surface area contributed by atoms with Crippen LogP contribution in [-0.4, -0.2) is 32.8 Å². The van der Waals surface area contributed by atoms with Crippen molar-refractivity contribution in [2.75, 3.05) is 6.54 Å². The molecule has 0 atom stereocenters. The van der Waals surface area contributed by atoms with Crippen LogP contribution in [0, 0.1) is 0 Å². The van der Waals surface area contributed by atoms with E-state index in [9.17, 15) is 4.79 Å². The van der Waals surface area contributed by atoms with E-state index in [1.54, 1.807) is 0 Å². The largest absolute Gasteiger partial charge is 0.333 e. The maximum atomic E-state index is 11.2. The molecule has 0 unspecified atom stereocenters. The molecule has 3 rings (SSSR count). The summed E-state index contributed by atoms with van der Waals surface area (Å²) in [5, 5.41) is 0. The summed E-state index contributed by atoms with van der Waals surface area (Å²) >= 11 is 0. The molecule has 1 aromatic heterocycles. The van der Waals surface area contributed by atoms with Crippen LogP contribution in [0.25, 0.3) is 0 Å². The Bertz CT molecular complexity index is 389. The predicted molar refractivity (Wildman–Crippen MR) is 59.9 cm³/mol. The summed E-state index contributed by atoms with van der Waals surface area (Å²) < 4.78 is 2.23. The molecular weight excluding hydrogens is 202 g/mol. The van der Waals surface area contributed by atoms with Gasteiger partial charge in [-0.05, 0) is 12.8 Å². The normalized spacial score (nSPS) is 23.4. The number of imidazole rings is 1. The van der Waals surface area contributed by atoms with Crippen molar-refractivity contribution in [1.82, 2.24) is 14.5 Å². The molecule has 0 N–H and O–H groups in total. The van der Waals surface area contributed by atoms with Gasteiger partial charge in [0, 0.05) is 44.4 Å². The number of hydrogen-bond donors (Lipinski definition) is 0. The van der Waals surface area contributed by atoms with Crippen molar-refractivity contribution in [2.24, 2.45) is 0 Å². The van der Waals surface area contributed by atoms with Crippen molar-refractivity contribution in [3.63, 3.8) is 0 Å². The zero-order valence-electron chi connectivity index (χ0n) is 9.43. The molecule has 1 aromatic rings. The fourth-order valence-electron chi connectivity index (χ4n) is 2.79. The average Bonchev–Trinajstić information content (AvgIpc) is 2.77. The number of rotatable bonds is 1. The third kappa shape index (κ3) is 1.78. The van der Waals surface area contributed by atoms with Gasteiger partial charge < -0.3 is 4.57 Å². The summed E-state index contributed by atoms with van der Waals surface area (Å²) in [6.45, 7) is 3.09. The SMILES string of the molecule is O=C1CCC(N2CCn3ccnc3C2)CC1. The molecule has 1 aliphatic carbocycles. The third-order valence-corrected chi connectivity index (χ3v) is 3.80. The van der Waals surface area contributed by atoms with Gasteiger partial charge in [-0.2, -0.15) is 0 Å². The van der Waals surface area contributed by atoms with Crippen molar-refractivity contribution in [3.05, 3.63) is 18.2 Å². The summed E-state index contributed by atoms with van der Waals surface area (Å²) in [7, 11) is 0. The monoisotopic (exact) mass is 219 g/mol. The minimum Gasteiger partial charge on any atom is -0.333 e.